The normalized spacial score (nSPS) is 16.3. The minimum atomic E-state index is -0.797. The van der Waals surface area contributed by atoms with Gasteiger partial charge in [-0.2, -0.15) is 0 Å². The van der Waals surface area contributed by atoms with Gasteiger partial charge in [-0.05, 0) is 24.3 Å². The number of ether oxygens (including phenoxy) is 1. The first-order valence-corrected chi connectivity index (χ1v) is 7.00. The van der Waals surface area contributed by atoms with E-state index in [-0.39, 0.29) is 6.42 Å². The molecular weight excluding hydrogens is 314 g/mol. The number of carbonyl (C=O) groups excluding carboxylic acids is 4. The van der Waals surface area contributed by atoms with Crippen molar-refractivity contribution < 1.29 is 23.9 Å². The lowest BCUT2D eigenvalue weighted by atomic mass is 10.2. The van der Waals surface area contributed by atoms with Crippen LogP contribution in [0.4, 0.5) is 10.5 Å². The summed E-state index contributed by atoms with van der Waals surface area (Å²) in [5.41, 5.74) is 0.751. The zero-order valence-corrected chi connectivity index (χ0v) is 12.9. The summed E-state index contributed by atoms with van der Waals surface area (Å²) in [6.07, 6.45) is 5.19. The standard InChI is InChI=1S/C16H15N3O5/c1-3-4-12-14(21)19(16(23)18-12)9-13(20)17-11-7-5-10(6-8-11)15(22)24-2/h1,5-8,12H,4,9H2,2H3,(H,17,20)(H,18,23)/t12-/m1/s1. The first-order valence-electron chi connectivity index (χ1n) is 7.00. The average Bonchev–Trinajstić information content (AvgIpc) is 2.83. The summed E-state index contributed by atoms with van der Waals surface area (Å²) < 4.78 is 4.57. The zero-order chi connectivity index (χ0) is 17.7. The molecule has 1 aromatic rings. The summed E-state index contributed by atoms with van der Waals surface area (Å²) in [4.78, 5) is 47.8. The van der Waals surface area contributed by atoms with Gasteiger partial charge in [0.1, 0.15) is 12.6 Å². The summed E-state index contributed by atoms with van der Waals surface area (Å²) in [5, 5.41) is 4.95. The molecule has 0 radical (unpaired) electrons. The van der Waals surface area contributed by atoms with Crippen LogP contribution in [0, 0.1) is 12.3 Å². The Morgan fingerprint density at radius 3 is 2.58 bits per heavy atom. The van der Waals surface area contributed by atoms with E-state index >= 15 is 0 Å². The van der Waals surface area contributed by atoms with Crippen molar-refractivity contribution in [3.63, 3.8) is 0 Å². The highest BCUT2D eigenvalue weighted by atomic mass is 16.5. The van der Waals surface area contributed by atoms with Crippen LogP contribution in [-0.4, -0.2) is 48.4 Å². The third kappa shape index (κ3) is 3.70. The summed E-state index contributed by atoms with van der Waals surface area (Å²) in [5.74, 6) is 0.716. The maximum atomic E-state index is 12.0. The summed E-state index contributed by atoms with van der Waals surface area (Å²) >= 11 is 0. The number of esters is 1. The first-order chi connectivity index (χ1) is 11.5. The molecule has 8 heteroatoms. The molecule has 0 bridgehead atoms. The monoisotopic (exact) mass is 329 g/mol. The van der Waals surface area contributed by atoms with Gasteiger partial charge in [0, 0.05) is 12.1 Å². The molecule has 1 aliphatic rings. The van der Waals surface area contributed by atoms with Gasteiger partial charge in [0.05, 0.1) is 12.7 Å². The van der Waals surface area contributed by atoms with Gasteiger partial charge in [-0.25, -0.2) is 9.59 Å². The number of imide groups is 1. The van der Waals surface area contributed by atoms with Crippen LogP contribution < -0.4 is 10.6 Å². The highest BCUT2D eigenvalue weighted by Crippen LogP contribution is 2.12. The van der Waals surface area contributed by atoms with Gasteiger partial charge in [-0.1, -0.05) is 0 Å². The maximum Gasteiger partial charge on any atom is 0.337 e. The molecule has 1 heterocycles. The largest absolute Gasteiger partial charge is 0.465 e. The first kappa shape index (κ1) is 17.0. The predicted octanol–water partition coefficient (Wildman–Crippen LogP) is 0.355. The molecule has 24 heavy (non-hydrogen) atoms. The number of rotatable bonds is 5. The maximum absolute atomic E-state index is 12.0. The fourth-order valence-corrected chi connectivity index (χ4v) is 2.13. The molecule has 1 saturated heterocycles. The Morgan fingerprint density at radius 2 is 2.00 bits per heavy atom. The van der Waals surface area contributed by atoms with Gasteiger partial charge in [-0.15, -0.1) is 12.3 Å². The number of hydrogen-bond donors (Lipinski definition) is 2. The second kappa shape index (κ2) is 7.28. The van der Waals surface area contributed by atoms with Crippen molar-refractivity contribution in [1.82, 2.24) is 10.2 Å². The average molecular weight is 329 g/mol. The highest BCUT2D eigenvalue weighted by Gasteiger charge is 2.38. The van der Waals surface area contributed by atoms with Crippen molar-refractivity contribution in [2.24, 2.45) is 0 Å². The van der Waals surface area contributed by atoms with E-state index in [4.69, 9.17) is 6.42 Å². The molecule has 2 N–H and O–H groups in total. The van der Waals surface area contributed by atoms with Crippen LogP contribution in [0.2, 0.25) is 0 Å². The van der Waals surface area contributed by atoms with Crippen molar-refractivity contribution in [2.75, 3.05) is 19.0 Å². The fraction of sp³-hybridized carbons (Fsp3) is 0.250. The molecule has 1 fully saturated rings. The number of methoxy groups -OCH3 is 1. The van der Waals surface area contributed by atoms with E-state index in [0.717, 1.165) is 4.90 Å². The molecule has 0 aliphatic carbocycles. The van der Waals surface area contributed by atoms with Crippen molar-refractivity contribution in [3.05, 3.63) is 29.8 Å². The van der Waals surface area contributed by atoms with E-state index in [0.29, 0.717) is 11.3 Å². The summed E-state index contributed by atoms with van der Waals surface area (Å²) in [7, 11) is 1.27. The van der Waals surface area contributed by atoms with E-state index in [1.807, 2.05) is 0 Å². The Balaban J connectivity index is 1.96. The smallest absolute Gasteiger partial charge is 0.337 e. The van der Waals surface area contributed by atoms with E-state index < -0.39 is 36.4 Å². The Kier molecular flexibility index (Phi) is 5.16. The van der Waals surface area contributed by atoms with Gasteiger partial charge in [0.15, 0.2) is 0 Å². The van der Waals surface area contributed by atoms with E-state index in [1.165, 1.54) is 31.4 Å². The second-order valence-electron chi connectivity index (χ2n) is 4.95. The third-order valence-electron chi connectivity index (χ3n) is 3.32. The second-order valence-corrected chi connectivity index (χ2v) is 4.95. The number of urea groups is 1. The van der Waals surface area contributed by atoms with Gasteiger partial charge in [0.25, 0.3) is 5.91 Å². The summed E-state index contributed by atoms with van der Waals surface area (Å²) in [6.45, 7) is -0.426. The van der Waals surface area contributed by atoms with Crippen molar-refractivity contribution in [2.45, 2.75) is 12.5 Å². The van der Waals surface area contributed by atoms with E-state index in [9.17, 15) is 19.2 Å². The van der Waals surface area contributed by atoms with Crippen molar-refractivity contribution in [3.8, 4) is 12.3 Å². The van der Waals surface area contributed by atoms with Gasteiger partial charge >= 0.3 is 12.0 Å². The van der Waals surface area contributed by atoms with Gasteiger partial charge in [-0.3, -0.25) is 14.5 Å². The topological polar surface area (TPSA) is 105 Å². The Labute approximate surface area is 138 Å². The minimum absolute atomic E-state index is 0.0671. The third-order valence-corrected chi connectivity index (χ3v) is 3.32. The van der Waals surface area contributed by atoms with E-state index in [2.05, 4.69) is 21.3 Å². The van der Waals surface area contributed by atoms with Gasteiger partial charge in [0.2, 0.25) is 5.91 Å². The molecule has 1 aromatic carbocycles. The van der Waals surface area contributed by atoms with Crippen LogP contribution in [-0.2, 0) is 14.3 Å². The number of nitrogens with zero attached hydrogens (tertiary/aromatic N) is 1. The quantitative estimate of drug-likeness (QED) is 0.461. The lowest BCUT2D eigenvalue weighted by Crippen LogP contribution is -2.38. The molecule has 8 nitrogen and oxygen atoms in total. The summed E-state index contributed by atoms with van der Waals surface area (Å²) in [6, 6.07) is 4.54. The van der Waals surface area contributed by atoms with Crippen LogP contribution in [0.25, 0.3) is 0 Å². The molecular formula is C16H15N3O5. The molecule has 0 aromatic heterocycles. The lowest BCUT2D eigenvalue weighted by Gasteiger charge is -2.12. The number of benzene rings is 1. The molecule has 0 saturated carbocycles. The molecule has 1 atom stereocenters. The predicted molar refractivity (Wildman–Crippen MR) is 83.9 cm³/mol. The fourth-order valence-electron chi connectivity index (χ4n) is 2.13. The molecule has 0 spiro atoms. The van der Waals surface area contributed by atoms with Crippen LogP contribution >= 0.6 is 0 Å². The molecule has 2 rings (SSSR count). The van der Waals surface area contributed by atoms with E-state index in [1.54, 1.807) is 0 Å². The van der Waals surface area contributed by atoms with Crippen LogP contribution in [0.15, 0.2) is 24.3 Å². The minimum Gasteiger partial charge on any atom is -0.465 e. The van der Waals surface area contributed by atoms with Gasteiger partial charge < -0.3 is 15.4 Å². The van der Waals surface area contributed by atoms with Crippen molar-refractivity contribution >= 4 is 29.5 Å². The Hall–Kier alpha value is -3.34. The number of amides is 4. The number of terminal acetylenes is 1. The molecule has 0 unspecified atom stereocenters. The van der Waals surface area contributed by atoms with Crippen LogP contribution in [0.5, 0.6) is 0 Å². The van der Waals surface area contributed by atoms with Crippen LogP contribution in [0.3, 0.4) is 0 Å². The number of hydrogen-bond acceptors (Lipinski definition) is 5. The molecule has 1 aliphatic heterocycles. The van der Waals surface area contributed by atoms with Crippen LogP contribution in [0.1, 0.15) is 16.8 Å². The highest BCUT2D eigenvalue weighted by molar-refractivity contribution is 6.08. The molecule has 124 valence electrons. The Bertz CT molecular complexity index is 720. The number of carbonyl (C=O) groups is 4. The SMILES string of the molecule is C#CC[C@H]1NC(=O)N(CC(=O)Nc2ccc(C(=O)OC)cc2)C1=O. The number of anilines is 1. The Morgan fingerprint density at radius 1 is 1.33 bits per heavy atom. The number of nitrogens with one attached hydrogen (secondary N) is 2. The molecule has 4 amide bonds. The zero-order valence-electron chi connectivity index (χ0n) is 12.9. The lowest BCUT2D eigenvalue weighted by molar-refractivity contribution is -0.130. The van der Waals surface area contributed by atoms with Crippen molar-refractivity contribution in [1.29, 1.82) is 0 Å².